The number of carbonyl (C=O) groups is 1. The van der Waals surface area contributed by atoms with Gasteiger partial charge in [0.25, 0.3) is 11.5 Å². The van der Waals surface area contributed by atoms with Crippen molar-refractivity contribution in [2.24, 2.45) is 18.9 Å². The molecule has 2 atom stereocenters. The van der Waals surface area contributed by atoms with Crippen LogP contribution in [0.3, 0.4) is 0 Å². The lowest BCUT2D eigenvalue weighted by atomic mass is 9.78. The molecule has 0 saturated carbocycles. The highest BCUT2D eigenvalue weighted by Crippen LogP contribution is 2.32. The summed E-state index contributed by atoms with van der Waals surface area (Å²) < 4.78 is 1.44. The van der Waals surface area contributed by atoms with Gasteiger partial charge < -0.3 is 14.6 Å². The van der Waals surface area contributed by atoms with Crippen LogP contribution in [0.4, 0.5) is 0 Å². The molecule has 1 aromatic heterocycles. The summed E-state index contributed by atoms with van der Waals surface area (Å²) in [6.07, 6.45) is 3.07. The van der Waals surface area contributed by atoms with E-state index in [1.54, 1.807) is 24.2 Å². The van der Waals surface area contributed by atoms with Gasteiger partial charge in [0.1, 0.15) is 0 Å². The molecule has 0 aromatic carbocycles. The number of amides is 1. The van der Waals surface area contributed by atoms with Gasteiger partial charge in [-0.15, -0.1) is 0 Å². The van der Waals surface area contributed by atoms with Crippen molar-refractivity contribution in [1.29, 1.82) is 0 Å². The molecule has 1 amide bonds. The minimum Gasteiger partial charge on any atom is -0.390 e. The van der Waals surface area contributed by atoms with Crippen molar-refractivity contribution in [2.75, 3.05) is 13.1 Å². The molecule has 0 unspecified atom stereocenters. The van der Waals surface area contributed by atoms with Crippen LogP contribution >= 0.6 is 0 Å². The number of aromatic nitrogens is 1. The van der Waals surface area contributed by atoms with Crippen LogP contribution in [0.1, 0.15) is 44.0 Å². The number of nitrogens with zero attached hydrogens (tertiary/aromatic N) is 2. The predicted molar refractivity (Wildman–Crippen MR) is 85.8 cm³/mol. The van der Waals surface area contributed by atoms with Gasteiger partial charge in [-0.25, -0.2) is 0 Å². The molecule has 122 valence electrons. The Bertz CT molecular complexity index is 604. The topological polar surface area (TPSA) is 62.5 Å². The molecule has 1 fully saturated rings. The van der Waals surface area contributed by atoms with Crippen LogP contribution < -0.4 is 5.56 Å². The molecule has 1 aliphatic heterocycles. The molecular formula is C17H26N2O3. The van der Waals surface area contributed by atoms with Gasteiger partial charge in [0.05, 0.1) is 5.60 Å². The van der Waals surface area contributed by atoms with Gasteiger partial charge in [-0.05, 0) is 31.7 Å². The van der Waals surface area contributed by atoms with Gasteiger partial charge in [-0.2, -0.15) is 0 Å². The second-order valence-electron chi connectivity index (χ2n) is 7.05. The fourth-order valence-electron chi connectivity index (χ4n) is 3.07. The highest BCUT2D eigenvalue weighted by molar-refractivity contribution is 5.94. The third kappa shape index (κ3) is 3.58. The molecule has 1 N–H and O–H groups in total. The minimum absolute atomic E-state index is 0.0664. The van der Waals surface area contributed by atoms with Gasteiger partial charge in [-0.3, -0.25) is 9.59 Å². The van der Waals surface area contributed by atoms with E-state index < -0.39 is 5.60 Å². The first kappa shape index (κ1) is 16.7. The summed E-state index contributed by atoms with van der Waals surface area (Å²) in [5, 5.41) is 10.5. The average molecular weight is 306 g/mol. The second kappa shape index (κ2) is 6.24. The highest BCUT2D eigenvalue weighted by atomic mass is 16.3. The maximum Gasteiger partial charge on any atom is 0.254 e. The fraction of sp³-hybridized carbons (Fsp3) is 0.647. The number of aliphatic hydroxyl groups is 1. The molecule has 5 nitrogen and oxygen atoms in total. The largest absolute Gasteiger partial charge is 0.390 e. The summed E-state index contributed by atoms with van der Waals surface area (Å²) >= 11 is 0. The van der Waals surface area contributed by atoms with Crippen LogP contribution in [-0.2, 0) is 7.05 Å². The van der Waals surface area contributed by atoms with Gasteiger partial charge in [-0.1, -0.05) is 13.8 Å². The Balaban J connectivity index is 2.16. The SMILES string of the molecule is CC(C)C[C@H]1CN(C(=O)c2ccn(C)c(=O)c2)CC[C@@]1(C)O. The quantitative estimate of drug-likeness (QED) is 0.923. The van der Waals surface area contributed by atoms with Crippen LogP contribution in [-0.4, -0.2) is 39.2 Å². The van der Waals surface area contributed by atoms with Gasteiger partial charge >= 0.3 is 0 Å². The summed E-state index contributed by atoms with van der Waals surface area (Å²) in [6.45, 7) is 7.17. The van der Waals surface area contributed by atoms with E-state index in [0.717, 1.165) is 6.42 Å². The van der Waals surface area contributed by atoms with Crippen LogP contribution in [0.2, 0.25) is 0 Å². The zero-order valence-electron chi connectivity index (χ0n) is 13.9. The molecular weight excluding hydrogens is 280 g/mol. The number of carbonyl (C=O) groups excluding carboxylic acids is 1. The van der Waals surface area contributed by atoms with Crippen molar-refractivity contribution >= 4 is 5.91 Å². The van der Waals surface area contributed by atoms with E-state index in [1.165, 1.54) is 10.6 Å². The molecule has 0 aliphatic carbocycles. The Labute approximate surface area is 131 Å². The summed E-state index contributed by atoms with van der Waals surface area (Å²) in [5.41, 5.74) is -0.491. The average Bonchev–Trinajstić information content (AvgIpc) is 2.43. The summed E-state index contributed by atoms with van der Waals surface area (Å²) in [5.74, 6) is 0.411. The van der Waals surface area contributed by atoms with Crippen molar-refractivity contribution in [2.45, 2.75) is 39.2 Å². The molecule has 2 rings (SSSR count). The van der Waals surface area contributed by atoms with E-state index in [9.17, 15) is 14.7 Å². The third-order valence-electron chi connectivity index (χ3n) is 4.60. The van der Waals surface area contributed by atoms with E-state index in [4.69, 9.17) is 0 Å². The molecule has 2 heterocycles. The van der Waals surface area contributed by atoms with Crippen LogP contribution in [0, 0.1) is 11.8 Å². The maximum atomic E-state index is 12.6. The summed E-state index contributed by atoms with van der Waals surface area (Å²) in [4.78, 5) is 26.1. The number of likely N-dealkylation sites (tertiary alicyclic amines) is 1. The highest BCUT2D eigenvalue weighted by Gasteiger charge is 2.39. The van der Waals surface area contributed by atoms with Crippen molar-refractivity contribution in [3.63, 3.8) is 0 Å². The standard InChI is InChI=1S/C17H26N2O3/c1-12(2)9-14-11-19(8-6-17(14,3)22)16(21)13-5-7-18(4)15(20)10-13/h5,7,10,12,14,22H,6,8-9,11H2,1-4H3/t14-,17+/m0/s1. The first-order valence-corrected chi connectivity index (χ1v) is 7.89. The van der Waals surface area contributed by atoms with E-state index in [-0.39, 0.29) is 17.4 Å². The van der Waals surface area contributed by atoms with E-state index in [0.29, 0.717) is 31.0 Å². The zero-order valence-corrected chi connectivity index (χ0v) is 13.9. The van der Waals surface area contributed by atoms with Gasteiger partial charge in [0.15, 0.2) is 0 Å². The lowest BCUT2D eigenvalue weighted by molar-refractivity contribution is -0.0577. The second-order valence-corrected chi connectivity index (χ2v) is 7.05. The predicted octanol–water partition coefficient (Wildman–Crippen LogP) is 1.64. The molecule has 1 aromatic rings. The maximum absolute atomic E-state index is 12.6. The van der Waals surface area contributed by atoms with Crippen molar-refractivity contribution in [3.8, 4) is 0 Å². The Morgan fingerprint density at radius 1 is 1.50 bits per heavy atom. The number of piperidine rings is 1. The molecule has 1 aliphatic rings. The first-order chi connectivity index (χ1) is 10.2. The van der Waals surface area contributed by atoms with E-state index in [1.807, 2.05) is 6.92 Å². The van der Waals surface area contributed by atoms with Gasteiger partial charge in [0, 0.05) is 43.9 Å². The van der Waals surface area contributed by atoms with E-state index >= 15 is 0 Å². The van der Waals surface area contributed by atoms with Crippen molar-refractivity contribution in [3.05, 3.63) is 34.2 Å². The number of hydrogen-bond donors (Lipinski definition) is 1. The van der Waals surface area contributed by atoms with Crippen LogP contribution in [0.5, 0.6) is 0 Å². The lowest BCUT2D eigenvalue weighted by Crippen LogP contribution is -2.52. The molecule has 0 bridgehead atoms. The molecule has 0 spiro atoms. The van der Waals surface area contributed by atoms with Gasteiger partial charge in [0.2, 0.25) is 0 Å². The van der Waals surface area contributed by atoms with E-state index in [2.05, 4.69) is 13.8 Å². The number of hydrogen-bond acceptors (Lipinski definition) is 3. The van der Waals surface area contributed by atoms with Crippen molar-refractivity contribution in [1.82, 2.24) is 9.47 Å². The Kier molecular flexibility index (Phi) is 4.75. The van der Waals surface area contributed by atoms with Crippen LogP contribution in [0.15, 0.2) is 23.1 Å². The number of aryl methyl sites for hydroxylation is 1. The Morgan fingerprint density at radius 3 is 2.77 bits per heavy atom. The number of rotatable bonds is 3. The van der Waals surface area contributed by atoms with Crippen LogP contribution in [0.25, 0.3) is 0 Å². The zero-order chi connectivity index (χ0) is 16.5. The Morgan fingerprint density at radius 2 is 2.18 bits per heavy atom. The van der Waals surface area contributed by atoms with Crippen molar-refractivity contribution < 1.29 is 9.90 Å². The third-order valence-corrected chi connectivity index (χ3v) is 4.60. The number of pyridine rings is 1. The fourth-order valence-corrected chi connectivity index (χ4v) is 3.07. The lowest BCUT2D eigenvalue weighted by Gasteiger charge is -2.43. The normalized spacial score (nSPS) is 25.5. The first-order valence-electron chi connectivity index (χ1n) is 7.89. The smallest absolute Gasteiger partial charge is 0.254 e. The Hall–Kier alpha value is -1.62. The monoisotopic (exact) mass is 306 g/mol. The molecule has 22 heavy (non-hydrogen) atoms. The minimum atomic E-state index is -0.728. The molecule has 5 heteroatoms. The molecule has 1 saturated heterocycles. The summed E-state index contributed by atoms with van der Waals surface area (Å²) in [6, 6.07) is 3.06. The molecule has 0 radical (unpaired) electrons. The summed E-state index contributed by atoms with van der Waals surface area (Å²) in [7, 11) is 1.66.